The maximum absolute atomic E-state index is 12.7. The second-order valence-electron chi connectivity index (χ2n) is 4.04. The van der Waals surface area contributed by atoms with Gasteiger partial charge in [0.1, 0.15) is 5.82 Å². The number of rotatable bonds is 3. The van der Waals surface area contributed by atoms with Crippen LogP contribution < -0.4 is 5.32 Å². The fourth-order valence-corrected chi connectivity index (χ4v) is 1.62. The van der Waals surface area contributed by atoms with Crippen LogP contribution in [0.4, 0.5) is 10.1 Å². The van der Waals surface area contributed by atoms with Crippen molar-refractivity contribution in [2.24, 2.45) is 0 Å². The summed E-state index contributed by atoms with van der Waals surface area (Å²) in [4.78, 5) is 11.8. The van der Waals surface area contributed by atoms with Gasteiger partial charge in [-0.15, -0.1) is 0 Å². The molecule has 0 unspecified atom stereocenters. The van der Waals surface area contributed by atoms with Gasteiger partial charge in [0.25, 0.3) is 0 Å². The Morgan fingerprint density at radius 3 is 2.32 bits per heavy atom. The zero-order valence-corrected chi connectivity index (χ0v) is 10.1. The second kappa shape index (κ2) is 5.78. The summed E-state index contributed by atoms with van der Waals surface area (Å²) in [7, 11) is 0. The topological polar surface area (TPSA) is 52.9 Å². The number of hydrogen-bond acceptors (Lipinski definition) is 2. The molecule has 2 aromatic carbocycles. The Balaban J connectivity index is 1.97. The van der Waals surface area contributed by atoms with Gasteiger partial charge in [-0.1, -0.05) is 12.1 Å². The largest absolute Gasteiger partial charge is 0.326 e. The molecule has 0 radical (unpaired) electrons. The normalized spacial score (nSPS) is 9.68. The summed E-state index contributed by atoms with van der Waals surface area (Å²) in [6.07, 6.45) is 0.211. The molecule has 2 aromatic rings. The highest BCUT2D eigenvalue weighted by atomic mass is 19.1. The lowest BCUT2D eigenvalue weighted by Gasteiger charge is -2.05. The molecule has 0 aromatic heterocycles. The Morgan fingerprint density at radius 2 is 1.74 bits per heavy atom. The smallest absolute Gasteiger partial charge is 0.228 e. The SMILES string of the molecule is N#Cc1ccc(CC(=O)Nc2ccc(F)cc2)cc1. The van der Waals surface area contributed by atoms with Crippen molar-refractivity contribution >= 4 is 11.6 Å². The lowest BCUT2D eigenvalue weighted by molar-refractivity contribution is -0.115. The van der Waals surface area contributed by atoms with Crippen molar-refractivity contribution < 1.29 is 9.18 Å². The van der Waals surface area contributed by atoms with Gasteiger partial charge in [0.2, 0.25) is 5.91 Å². The summed E-state index contributed by atoms with van der Waals surface area (Å²) in [6.45, 7) is 0. The number of benzene rings is 2. The van der Waals surface area contributed by atoms with E-state index in [0.717, 1.165) is 5.56 Å². The third-order valence-electron chi connectivity index (χ3n) is 2.58. The molecule has 94 valence electrons. The fourth-order valence-electron chi connectivity index (χ4n) is 1.62. The second-order valence-corrected chi connectivity index (χ2v) is 4.04. The Hall–Kier alpha value is -2.67. The monoisotopic (exact) mass is 254 g/mol. The number of nitriles is 1. The van der Waals surface area contributed by atoms with Crippen LogP contribution >= 0.6 is 0 Å². The molecule has 0 saturated heterocycles. The van der Waals surface area contributed by atoms with Crippen LogP contribution in [0.25, 0.3) is 0 Å². The lowest BCUT2D eigenvalue weighted by atomic mass is 10.1. The van der Waals surface area contributed by atoms with E-state index in [9.17, 15) is 9.18 Å². The fraction of sp³-hybridized carbons (Fsp3) is 0.0667. The van der Waals surface area contributed by atoms with Gasteiger partial charge in [-0.05, 0) is 42.0 Å². The molecule has 3 nitrogen and oxygen atoms in total. The highest BCUT2D eigenvalue weighted by molar-refractivity contribution is 5.92. The number of carbonyl (C=O) groups is 1. The first-order chi connectivity index (χ1) is 9.17. The molecular weight excluding hydrogens is 243 g/mol. The van der Waals surface area contributed by atoms with E-state index in [4.69, 9.17) is 5.26 Å². The third kappa shape index (κ3) is 3.65. The standard InChI is InChI=1S/C15H11FN2O/c16-13-5-7-14(8-6-13)18-15(19)9-11-1-3-12(10-17)4-2-11/h1-8H,9H2,(H,18,19). The van der Waals surface area contributed by atoms with Gasteiger partial charge in [-0.25, -0.2) is 4.39 Å². The van der Waals surface area contributed by atoms with E-state index in [1.54, 1.807) is 24.3 Å². The quantitative estimate of drug-likeness (QED) is 0.915. The highest BCUT2D eigenvalue weighted by Gasteiger charge is 2.04. The average molecular weight is 254 g/mol. The number of hydrogen-bond donors (Lipinski definition) is 1. The number of amides is 1. The van der Waals surface area contributed by atoms with E-state index >= 15 is 0 Å². The van der Waals surface area contributed by atoms with Gasteiger partial charge in [-0.2, -0.15) is 5.26 Å². The van der Waals surface area contributed by atoms with Crippen LogP contribution in [0.1, 0.15) is 11.1 Å². The molecular formula is C15H11FN2O. The molecule has 0 aliphatic heterocycles. The van der Waals surface area contributed by atoms with Crippen LogP contribution in [0.5, 0.6) is 0 Å². The number of anilines is 1. The minimum atomic E-state index is -0.343. The van der Waals surface area contributed by atoms with E-state index in [-0.39, 0.29) is 18.1 Å². The molecule has 0 bridgehead atoms. The Labute approximate surface area is 110 Å². The molecule has 0 aliphatic carbocycles. The summed E-state index contributed by atoms with van der Waals surface area (Å²) in [5, 5.41) is 11.3. The van der Waals surface area contributed by atoms with E-state index < -0.39 is 0 Å². The summed E-state index contributed by atoms with van der Waals surface area (Å²) in [6, 6.07) is 14.4. The Morgan fingerprint density at radius 1 is 1.11 bits per heavy atom. The minimum Gasteiger partial charge on any atom is -0.326 e. The van der Waals surface area contributed by atoms with Crippen molar-refractivity contribution in [3.8, 4) is 6.07 Å². The van der Waals surface area contributed by atoms with Crippen LogP contribution in [0, 0.1) is 17.1 Å². The molecule has 0 fully saturated rings. The van der Waals surface area contributed by atoms with Gasteiger partial charge in [-0.3, -0.25) is 4.79 Å². The molecule has 4 heteroatoms. The lowest BCUT2D eigenvalue weighted by Crippen LogP contribution is -2.14. The summed E-state index contributed by atoms with van der Waals surface area (Å²) < 4.78 is 12.7. The molecule has 1 amide bonds. The van der Waals surface area contributed by atoms with E-state index in [0.29, 0.717) is 11.3 Å². The van der Waals surface area contributed by atoms with Gasteiger partial charge in [0.05, 0.1) is 18.1 Å². The van der Waals surface area contributed by atoms with Crippen molar-refractivity contribution in [1.82, 2.24) is 0 Å². The van der Waals surface area contributed by atoms with Crippen molar-refractivity contribution in [1.29, 1.82) is 5.26 Å². The van der Waals surface area contributed by atoms with Crippen molar-refractivity contribution in [3.63, 3.8) is 0 Å². The van der Waals surface area contributed by atoms with Crippen molar-refractivity contribution in [3.05, 3.63) is 65.5 Å². The Kier molecular flexibility index (Phi) is 3.89. The predicted octanol–water partition coefficient (Wildman–Crippen LogP) is 2.88. The summed E-state index contributed by atoms with van der Waals surface area (Å²) >= 11 is 0. The molecule has 0 atom stereocenters. The summed E-state index contributed by atoms with van der Waals surface area (Å²) in [5.74, 6) is -0.526. The van der Waals surface area contributed by atoms with E-state index in [1.807, 2.05) is 6.07 Å². The molecule has 0 aliphatic rings. The van der Waals surface area contributed by atoms with E-state index in [1.165, 1.54) is 24.3 Å². The molecule has 1 N–H and O–H groups in total. The van der Waals surface area contributed by atoms with E-state index in [2.05, 4.69) is 5.32 Å². The first-order valence-corrected chi connectivity index (χ1v) is 5.72. The van der Waals surface area contributed by atoms with Crippen molar-refractivity contribution in [2.45, 2.75) is 6.42 Å². The number of nitrogens with zero attached hydrogens (tertiary/aromatic N) is 1. The van der Waals surface area contributed by atoms with Crippen LogP contribution in [0.2, 0.25) is 0 Å². The van der Waals surface area contributed by atoms with Crippen LogP contribution in [-0.2, 0) is 11.2 Å². The Bertz CT molecular complexity index is 612. The summed E-state index contributed by atoms with van der Waals surface area (Å²) in [5.41, 5.74) is 1.93. The van der Waals surface area contributed by atoms with Gasteiger partial charge >= 0.3 is 0 Å². The molecule has 0 heterocycles. The van der Waals surface area contributed by atoms with Gasteiger partial charge < -0.3 is 5.32 Å². The molecule has 19 heavy (non-hydrogen) atoms. The average Bonchev–Trinajstić information content (AvgIpc) is 2.42. The minimum absolute atomic E-state index is 0.184. The molecule has 0 saturated carbocycles. The maximum atomic E-state index is 12.7. The van der Waals surface area contributed by atoms with Gasteiger partial charge in [0.15, 0.2) is 0 Å². The predicted molar refractivity (Wildman–Crippen MR) is 69.9 cm³/mol. The first kappa shape index (κ1) is 12.8. The van der Waals surface area contributed by atoms with Crippen molar-refractivity contribution in [2.75, 3.05) is 5.32 Å². The zero-order valence-electron chi connectivity index (χ0n) is 10.1. The molecule has 2 rings (SSSR count). The highest BCUT2D eigenvalue weighted by Crippen LogP contribution is 2.10. The number of carbonyl (C=O) groups excluding carboxylic acids is 1. The van der Waals surface area contributed by atoms with Crippen LogP contribution in [0.15, 0.2) is 48.5 Å². The number of halogens is 1. The van der Waals surface area contributed by atoms with Crippen LogP contribution in [-0.4, -0.2) is 5.91 Å². The number of nitrogens with one attached hydrogen (secondary N) is 1. The van der Waals surface area contributed by atoms with Gasteiger partial charge in [0, 0.05) is 5.69 Å². The third-order valence-corrected chi connectivity index (χ3v) is 2.58. The molecule has 0 spiro atoms. The zero-order chi connectivity index (χ0) is 13.7. The first-order valence-electron chi connectivity index (χ1n) is 5.72. The van der Waals surface area contributed by atoms with Crippen LogP contribution in [0.3, 0.4) is 0 Å². The maximum Gasteiger partial charge on any atom is 0.228 e.